The molecule has 1 saturated heterocycles. The zero-order chi connectivity index (χ0) is 11.4. The summed E-state index contributed by atoms with van der Waals surface area (Å²) >= 11 is 5.65. The van der Waals surface area contributed by atoms with Gasteiger partial charge in [0.1, 0.15) is 5.15 Å². The van der Waals surface area contributed by atoms with Crippen molar-refractivity contribution in [2.24, 2.45) is 0 Å². The molecule has 5 heteroatoms. The molecule has 16 heavy (non-hydrogen) atoms. The van der Waals surface area contributed by atoms with E-state index in [1.807, 2.05) is 0 Å². The average molecular weight is 241 g/mol. The highest BCUT2D eigenvalue weighted by Gasteiger charge is 2.17. The van der Waals surface area contributed by atoms with Gasteiger partial charge in [-0.25, -0.2) is 4.98 Å². The second-order valence-corrected chi connectivity index (χ2v) is 4.14. The number of rotatable bonds is 2. The molecule has 1 aromatic rings. The smallest absolute Gasteiger partial charge is 0.253 e. The molecule has 1 aromatic heterocycles. The number of ether oxygens (including phenoxy) is 1. The minimum atomic E-state index is -0.125. The van der Waals surface area contributed by atoms with Gasteiger partial charge in [-0.3, -0.25) is 4.79 Å². The zero-order valence-corrected chi connectivity index (χ0v) is 9.54. The van der Waals surface area contributed by atoms with Crippen LogP contribution in [0.5, 0.6) is 0 Å². The van der Waals surface area contributed by atoms with Gasteiger partial charge in [0, 0.05) is 12.8 Å². The fraction of sp³-hybridized carbons (Fsp3) is 0.455. The molecule has 1 N–H and O–H groups in total. The fourth-order valence-corrected chi connectivity index (χ4v) is 1.75. The van der Waals surface area contributed by atoms with Crippen LogP contribution in [0.2, 0.25) is 5.15 Å². The number of pyridine rings is 1. The number of nitrogens with zero attached hydrogens (tertiary/aromatic N) is 1. The van der Waals surface area contributed by atoms with Crippen LogP contribution < -0.4 is 5.32 Å². The summed E-state index contributed by atoms with van der Waals surface area (Å²) in [6.45, 7) is 1.38. The van der Waals surface area contributed by atoms with Gasteiger partial charge in [0.25, 0.3) is 5.91 Å². The number of carbonyl (C=O) groups excluding carboxylic acids is 1. The first-order valence-electron chi connectivity index (χ1n) is 5.26. The maximum absolute atomic E-state index is 11.8. The van der Waals surface area contributed by atoms with E-state index in [2.05, 4.69) is 10.3 Å². The topological polar surface area (TPSA) is 51.2 Å². The van der Waals surface area contributed by atoms with Crippen molar-refractivity contribution in [3.63, 3.8) is 0 Å². The molecule has 1 aliphatic rings. The summed E-state index contributed by atoms with van der Waals surface area (Å²) < 4.78 is 5.29. The number of nitrogens with one attached hydrogen (secondary N) is 1. The van der Waals surface area contributed by atoms with Crippen LogP contribution >= 0.6 is 11.6 Å². The molecule has 0 saturated carbocycles. The largest absolute Gasteiger partial charge is 0.379 e. The Kier molecular flexibility index (Phi) is 3.74. The van der Waals surface area contributed by atoms with Gasteiger partial charge in [0.05, 0.1) is 18.2 Å². The molecule has 1 atom stereocenters. The van der Waals surface area contributed by atoms with Crippen molar-refractivity contribution >= 4 is 17.5 Å². The van der Waals surface area contributed by atoms with Crippen LogP contribution in [0.25, 0.3) is 0 Å². The van der Waals surface area contributed by atoms with Gasteiger partial charge in [-0.15, -0.1) is 0 Å². The lowest BCUT2D eigenvalue weighted by atomic mass is 10.1. The highest BCUT2D eigenvalue weighted by atomic mass is 35.5. The van der Waals surface area contributed by atoms with Gasteiger partial charge in [0.15, 0.2) is 0 Å². The van der Waals surface area contributed by atoms with E-state index in [-0.39, 0.29) is 11.9 Å². The molecule has 0 radical (unpaired) electrons. The molecular weight excluding hydrogens is 228 g/mol. The summed E-state index contributed by atoms with van der Waals surface area (Å²) in [7, 11) is 0. The van der Waals surface area contributed by atoms with Crippen LogP contribution in [-0.2, 0) is 4.74 Å². The molecule has 0 aliphatic carbocycles. The van der Waals surface area contributed by atoms with Crippen LogP contribution in [0.4, 0.5) is 0 Å². The van der Waals surface area contributed by atoms with Gasteiger partial charge in [-0.1, -0.05) is 11.6 Å². The number of aromatic nitrogens is 1. The molecule has 2 rings (SSSR count). The summed E-state index contributed by atoms with van der Waals surface area (Å²) in [5, 5.41) is 3.29. The molecule has 1 amide bonds. The average Bonchev–Trinajstić information content (AvgIpc) is 2.31. The Morgan fingerprint density at radius 3 is 3.06 bits per heavy atom. The Morgan fingerprint density at radius 1 is 1.56 bits per heavy atom. The van der Waals surface area contributed by atoms with Crippen molar-refractivity contribution in [1.29, 1.82) is 0 Å². The Balaban J connectivity index is 1.94. The first-order valence-corrected chi connectivity index (χ1v) is 5.63. The van der Waals surface area contributed by atoms with Crippen molar-refractivity contribution in [2.75, 3.05) is 13.2 Å². The third kappa shape index (κ3) is 2.93. The predicted molar refractivity (Wildman–Crippen MR) is 60.6 cm³/mol. The highest BCUT2D eigenvalue weighted by molar-refractivity contribution is 6.29. The van der Waals surface area contributed by atoms with E-state index in [4.69, 9.17) is 16.3 Å². The second-order valence-electron chi connectivity index (χ2n) is 3.76. The van der Waals surface area contributed by atoms with E-state index in [1.54, 1.807) is 12.1 Å². The molecule has 1 fully saturated rings. The van der Waals surface area contributed by atoms with E-state index < -0.39 is 0 Å². The summed E-state index contributed by atoms with van der Waals surface area (Å²) in [6, 6.07) is 3.37. The standard InChI is InChI=1S/C11H13ClN2O2/c12-10-4-3-8(6-13-10)11(15)14-9-2-1-5-16-7-9/h3-4,6,9H,1-2,5,7H2,(H,14,15). The number of halogens is 1. The quantitative estimate of drug-likeness (QED) is 0.800. The second kappa shape index (κ2) is 5.27. The Labute approximate surface area is 99.0 Å². The maximum Gasteiger partial charge on any atom is 0.253 e. The van der Waals surface area contributed by atoms with Crippen LogP contribution in [0, 0.1) is 0 Å². The van der Waals surface area contributed by atoms with Gasteiger partial charge in [0.2, 0.25) is 0 Å². The molecule has 86 valence electrons. The maximum atomic E-state index is 11.8. The summed E-state index contributed by atoms with van der Waals surface area (Å²) in [6.07, 6.45) is 3.43. The Bertz CT molecular complexity index is 361. The lowest BCUT2D eigenvalue weighted by molar-refractivity contribution is 0.0624. The molecular formula is C11H13ClN2O2. The zero-order valence-electron chi connectivity index (χ0n) is 8.78. The van der Waals surface area contributed by atoms with Gasteiger partial charge in [-0.05, 0) is 25.0 Å². The number of hydrogen-bond donors (Lipinski definition) is 1. The van der Waals surface area contributed by atoms with E-state index in [0.29, 0.717) is 17.3 Å². The predicted octanol–water partition coefficient (Wildman–Crippen LogP) is 1.64. The van der Waals surface area contributed by atoms with Gasteiger partial charge < -0.3 is 10.1 Å². The van der Waals surface area contributed by atoms with Gasteiger partial charge in [-0.2, -0.15) is 0 Å². The van der Waals surface area contributed by atoms with E-state index in [1.165, 1.54) is 6.20 Å². The first kappa shape index (κ1) is 11.4. The summed E-state index contributed by atoms with van der Waals surface area (Å²) in [4.78, 5) is 15.6. The molecule has 0 bridgehead atoms. The van der Waals surface area contributed by atoms with Crippen LogP contribution in [0.1, 0.15) is 23.2 Å². The van der Waals surface area contributed by atoms with E-state index in [0.717, 1.165) is 19.4 Å². The first-order chi connectivity index (χ1) is 7.75. The highest BCUT2D eigenvalue weighted by Crippen LogP contribution is 2.08. The molecule has 2 heterocycles. The third-order valence-corrected chi connectivity index (χ3v) is 2.71. The van der Waals surface area contributed by atoms with Gasteiger partial charge >= 0.3 is 0 Å². The van der Waals surface area contributed by atoms with Crippen molar-refractivity contribution in [3.05, 3.63) is 29.0 Å². The molecule has 1 aliphatic heterocycles. The summed E-state index contributed by atoms with van der Waals surface area (Å²) in [5.41, 5.74) is 0.523. The van der Waals surface area contributed by atoms with Crippen LogP contribution in [0.15, 0.2) is 18.3 Å². The lowest BCUT2D eigenvalue weighted by Gasteiger charge is -2.23. The van der Waals surface area contributed by atoms with E-state index >= 15 is 0 Å². The normalized spacial score (nSPS) is 20.4. The molecule has 0 spiro atoms. The minimum absolute atomic E-state index is 0.108. The third-order valence-electron chi connectivity index (χ3n) is 2.49. The summed E-state index contributed by atoms with van der Waals surface area (Å²) in [5.74, 6) is -0.125. The van der Waals surface area contributed by atoms with Crippen molar-refractivity contribution in [2.45, 2.75) is 18.9 Å². The van der Waals surface area contributed by atoms with Crippen molar-refractivity contribution < 1.29 is 9.53 Å². The molecule has 0 aromatic carbocycles. The van der Waals surface area contributed by atoms with Crippen LogP contribution in [-0.4, -0.2) is 30.1 Å². The van der Waals surface area contributed by atoms with Crippen molar-refractivity contribution in [3.8, 4) is 0 Å². The van der Waals surface area contributed by atoms with Crippen molar-refractivity contribution in [1.82, 2.24) is 10.3 Å². The lowest BCUT2D eigenvalue weighted by Crippen LogP contribution is -2.40. The Hall–Kier alpha value is -1.13. The fourth-order valence-electron chi connectivity index (χ4n) is 1.63. The minimum Gasteiger partial charge on any atom is -0.379 e. The number of hydrogen-bond acceptors (Lipinski definition) is 3. The molecule has 1 unspecified atom stereocenters. The number of amides is 1. The van der Waals surface area contributed by atoms with E-state index in [9.17, 15) is 4.79 Å². The molecule has 4 nitrogen and oxygen atoms in total. The number of carbonyl (C=O) groups is 1. The monoisotopic (exact) mass is 240 g/mol. The van der Waals surface area contributed by atoms with Crippen LogP contribution in [0.3, 0.4) is 0 Å². The SMILES string of the molecule is O=C(NC1CCCOC1)c1ccc(Cl)nc1. The Morgan fingerprint density at radius 2 is 2.44 bits per heavy atom.